The number of likely N-dealkylation sites (N-methyl/N-ethyl adjacent to an activating group) is 1. The third kappa shape index (κ3) is 4.44. The molecule has 1 aliphatic heterocycles. The first kappa shape index (κ1) is 20.3. The third-order valence-electron chi connectivity index (χ3n) is 5.07. The quantitative estimate of drug-likeness (QED) is 0.680. The molecule has 1 saturated heterocycles. The van der Waals surface area contributed by atoms with Crippen LogP contribution in [0, 0.1) is 0 Å². The molecule has 1 aromatic heterocycles. The number of anilines is 1. The number of fused-ring (bicyclic) bond motifs is 1. The van der Waals surface area contributed by atoms with Gasteiger partial charge in [0.15, 0.2) is 5.13 Å². The molecule has 0 unspecified atom stereocenters. The zero-order valence-electron chi connectivity index (χ0n) is 17.1. The lowest BCUT2D eigenvalue weighted by atomic mass is 10.1. The van der Waals surface area contributed by atoms with Gasteiger partial charge in [-0.3, -0.25) is 14.9 Å². The van der Waals surface area contributed by atoms with Gasteiger partial charge in [-0.25, -0.2) is 4.98 Å². The average Bonchev–Trinajstić information content (AvgIpc) is 3.16. The summed E-state index contributed by atoms with van der Waals surface area (Å²) in [4.78, 5) is 33.9. The number of ether oxygens (including phenoxy) is 1. The fourth-order valence-electron chi connectivity index (χ4n) is 3.34. The zero-order valence-corrected chi connectivity index (χ0v) is 17.9. The molecule has 0 spiro atoms. The fraction of sp³-hybridized carbons (Fsp3) is 0.318. The molecule has 30 heavy (non-hydrogen) atoms. The van der Waals surface area contributed by atoms with Gasteiger partial charge in [0.25, 0.3) is 11.8 Å². The van der Waals surface area contributed by atoms with Crippen molar-refractivity contribution in [1.29, 1.82) is 0 Å². The summed E-state index contributed by atoms with van der Waals surface area (Å²) in [5.74, 6) is 0.538. The monoisotopic (exact) mass is 424 g/mol. The normalized spacial score (nSPS) is 14.7. The Morgan fingerprint density at radius 3 is 2.47 bits per heavy atom. The van der Waals surface area contributed by atoms with E-state index in [1.54, 1.807) is 30.3 Å². The second-order valence-corrected chi connectivity index (χ2v) is 8.24. The minimum Gasteiger partial charge on any atom is -0.494 e. The van der Waals surface area contributed by atoms with Gasteiger partial charge in [-0.05, 0) is 56.4 Å². The Labute approximate surface area is 179 Å². The molecule has 2 aromatic carbocycles. The van der Waals surface area contributed by atoms with Crippen molar-refractivity contribution in [1.82, 2.24) is 14.8 Å². The van der Waals surface area contributed by atoms with Crippen LogP contribution in [0.15, 0.2) is 42.5 Å². The van der Waals surface area contributed by atoms with E-state index in [1.807, 2.05) is 24.0 Å². The van der Waals surface area contributed by atoms with Crippen molar-refractivity contribution in [2.75, 3.05) is 45.2 Å². The molecule has 4 rings (SSSR count). The first-order chi connectivity index (χ1) is 14.5. The Bertz CT molecular complexity index is 1060. The van der Waals surface area contributed by atoms with E-state index in [2.05, 4.69) is 22.2 Å². The molecular formula is C22H24N4O3S. The SMILES string of the molecule is CCOc1ccc(C(=O)Nc2nc3ccc(C(=O)N4CCN(C)CC4)cc3s2)cc1. The maximum absolute atomic E-state index is 12.8. The summed E-state index contributed by atoms with van der Waals surface area (Å²) < 4.78 is 6.28. The van der Waals surface area contributed by atoms with Gasteiger partial charge >= 0.3 is 0 Å². The van der Waals surface area contributed by atoms with E-state index in [4.69, 9.17) is 4.74 Å². The largest absolute Gasteiger partial charge is 0.494 e. The number of carbonyl (C=O) groups excluding carboxylic acids is 2. The van der Waals surface area contributed by atoms with Crippen molar-refractivity contribution >= 4 is 38.5 Å². The molecule has 8 heteroatoms. The summed E-state index contributed by atoms with van der Waals surface area (Å²) in [7, 11) is 2.06. The van der Waals surface area contributed by atoms with Crippen LogP contribution in [0.5, 0.6) is 5.75 Å². The van der Waals surface area contributed by atoms with Crippen LogP contribution in [0.1, 0.15) is 27.6 Å². The van der Waals surface area contributed by atoms with E-state index in [0.717, 1.165) is 42.1 Å². The van der Waals surface area contributed by atoms with Gasteiger partial charge in [0, 0.05) is 37.3 Å². The summed E-state index contributed by atoms with van der Waals surface area (Å²) in [5.41, 5.74) is 1.95. The molecule has 0 saturated carbocycles. The second kappa shape index (κ2) is 8.81. The van der Waals surface area contributed by atoms with E-state index in [1.165, 1.54) is 11.3 Å². The van der Waals surface area contributed by atoms with Crippen molar-refractivity contribution < 1.29 is 14.3 Å². The number of aromatic nitrogens is 1. The predicted molar refractivity (Wildman–Crippen MR) is 119 cm³/mol. The van der Waals surface area contributed by atoms with Crippen LogP contribution in [-0.4, -0.2) is 66.4 Å². The Morgan fingerprint density at radius 2 is 1.77 bits per heavy atom. The number of rotatable bonds is 5. The first-order valence-electron chi connectivity index (χ1n) is 9.96. The van der Waals surface area contributed by atoms with Gasteiger partial charge in [-0.15, -0.1) is 0 Å². The van der Waals surface area contributed by atoms with Gasteiger partial charge < -0.3 is 14.5 Å². The lowest BCUT2D eigenvalue weighted by molar-refractivity contribution is 0.0664. The van der Waals surface area contributed by atoms with E-state index in [9.17, 15) is 9.59 Å². The number of nitrogens with zero attached hydrogens (tertiary/aromatic N) is 3. The van der Waals surface area contributed by atoms with Crippen LogP contribution in [0.3, 0.4) is 0 Å². The Kier molecular flexibility index (Phi) is 5.96. The highest BCUT2D eigenvalue weighted by molar-refractivity contribution is 7.22. The van der Waals surface area contributed by atoms with E-state index < -0.39 is 0 Å². The Morgan fingerprint density at radius 1 is 1.07 bits per heavy atom. The highest BCUT2D eigenvalue weighted by Crippen LogP contribution is 2.28. The van der Waals surface area contributed by atoms with Crippen molar-refractivity contribution in [3.8, 4) is 5.75 Å². The number of piperazine rings is 1. The van der Waals surface area contributed by atoms with Crippen LogP contribution < -0.4 is 10.1 Å². The van der Waals surface area contributed by atoms with Crippen LogP contribution in [0.2, 0.25) is 0 Å². The predicted octanol–water partition coefficient (Wildman–Crippen LogP) is 3.33. The molecule has 1 fully saturated rings. The molecule has 1 aliphatic rings. The summed E-state index contributed by atoms with van der Waals surface area (Å²) in [6.45, 7) is 5.74. The van der Waals surface area contributed by atoms with Crippen LogP contribution in [-0.2, 0) is 0 Å². The van der Waals surface area contributed by atoms with Gasteiger partial charge in [-0.2, -0.15) is 0 Å². The van der Waals surface area contributed by atoms with Gasteiger partial charge in [0.05, 0.1) is 16.8 Å². The second-order valence-electron chi connectivity index (χ2n) is 7.21. The maximum Gasteiger partial charge on any atom is 0.257 e. The molecule has 156 valence electrons. The number of hydrogen-bond acceptors (Lipinski definition) is 6. The lowest BCUT2D eigenvalue weighted by Gasteiger charge is -2.32. The minimum atomic E-state index is -0.231. The molecule has 2 amide bonds. The lowest BCUT2D eigenvalue weighted by Crippen LogP contribution is -2.47. The first-order valence-corrected chi connectivity index (χ1v) is 10.8. The molecule has 0 bridgehead atoms. The van der Waals surface area contributed by atoms with E-state index in [-0.39, 0.29) is 11.8 Å². The zero-order chi connectivity index (χ0) is 21.1. The number of benzene rings is 2. The van der Waals surface area contributed by atoms with Gasteiger partial charge in [0.1, 0.15) is 5.75 Å². The van der Waals surface area contributed by atoms with E-state index in [0.29, 0.717) is 22.9 Å². The summed E-state index contributed by atoms with van der Waals surface area (Å²) in [6, 6.07) is 12.5. The standard InChI is InChI=1S/C22H24N4O3S/c1-3-29-17-7-4-15(5-8-17)20(27)24-22-23-18-9-6-16(14-19(18)30-22)21(28)26-12-10-25(2)11-13-26/h4-9,14H,3,10-13H2,1-2H3,(H,23,24,27). The molecule has 2 heterocycles. The van der Waals surface area contributed by atoms with Crippen molar-refractivity contribution in [3.63, 3.8) is 0 Å². The maximum atomic E-state index is 12.8. The van der Waals surface area contributed by atoms with Crippen LogP contribution in [0.25, 0.3) is 10.2 Å². The van der Waals surface area contributed by atoms with Crippen LogP contribution in [0.4, 0.5) is 5.13 Å². The number of carbonyl (C=O) groups is 2. The highest BCUT2D eigenvalue weighted by Gasteiger charge is 2.21. The molecule has 0 atom stereocenters. The summed E-state index contributed by atoms with van der Waals surface area (Å²) in [5, 5.41) is 3.35. The average molecular weight is 425 g/mol. The number of nitrogens with one attached hydrogen (secondary N) is 1. The summed E-state index contributed by atoms with van der Waals surface area (Å²) >= 11 is 1.36. The van der Waals surface area contributed by atoms with Crippen molar-refractivity contribution in [3.05, 3.63) is 53.6 Å². The van der Waals surface area contributed by atoms with Crippen molar-refractivity contribution in [2.45, 2.75) is 6.92 Å². The van der Waals surface area contributed by atoms with E-state index >= 15 is 0 Å². The third-order valence-corrected chi connectivity index (χ3v) is 6.01. The fourth-order valence-corrected chi connectivity index (χ4v) is 4.24. The number of amides is 2. The summed E-state index contributed by atoms with van der Waals surface area (Å²) in [6.07, 6.45) is 0. The molecular weight excluding hydrogens is 400 g/mol. The smallest absolute Gasteiger partial charge is 0.257 e. The molecule has 1 N–H and O–H groups in total. The minimum absolute atomic E-state index is 0.0402. The Hall–Kier alpha value is -2.97. The number of thiazole rings is 1. The van der Waals surface area contributed by atoms with Gasteiger partial charge in [-0.1, -0.05) is 11.3 Å². The van der Waals surface area contributed by atoms with Crippen molar-refractivity contribution in [2.24, 2.45) is 0 Å². The molecule has 0 aliphatic carbocycles. The highest BCUT2D eigenvalue weighted by atomic mass is 32.1. The molecule has 3 aromatic rings. The number of hydrogen-bond donors (Lipinski definition) is 1. The molecule has 0 radical (unpaired) electrons. The molecule has 7 nitrogen and oxygen atoms in total. The van der Waals surface area contributed by atoms with Crippen LogP contribution >= 0.6 is 11.3 Å². The Balaban J connectivity index is 1.47. The van der Waals surface area contributed by atoms with Gasteiger partial charge in [0.2, 0.25) is 0 Å². The topological polar surface area (TPSA) is 74.8 Å².